The molecule has 246 valence electrons. The second kappa shape index (κ2) is 15.6. The van der Waals surface area contributed by atoms with Gasteiger partial charge in [0.15, 0.2) is 11.5 Å². The van der Waals surface area contributed by atoms with Crippen molar-refractivity contribution in [2.45, 2.75) is 90.6 Å². The fraction of sp³-hybridized carbons (Fsp3) is 0.636. The number of nitrogens with one attached hydrogen (secondary N) is 2. The Morgan fingerprint density at radius 1 is 1.07 bits per heavy atom. The van der Waals surface area contributed by atoms with Gasteiger partial charge in [0.05, 0.1) is 6.04 Å². The summed E-state index contributed by atoms with van der Waals surface area (Å²) in [5, 5.41) is 13.1. The first kappa shape index (κ1) is 30.0. The van der Waals surface area contributed by atoms with Crippen LogP contribution in [0.2, 0.25) is 0 Å². The molecule has 45 heavy (non-hydrogen) atoms. The monoisotopic (exact) mass is 629 g/mol. The van der Waals surface area contributed by atoms with Crippen molar-refractivity contribution in [2.24, 2.45) is 11.8 Å². The van der Waals surface area contributed by atoms with Crippen molar-refractivity contribution >= 4 is 23.5 Å². The lowest BCUT2D eigenvalue weighted by molar-refractivity contribution is -0.138. The summed E-state index contributed by atoms with van der Waals surface area (Å²) in [6.07, 6.45) is 3.65. The van der Waals surface area contributed by atoms with Gasteiger partial charge < -0.3 is 20.4 Å². The quantitative estimate of drug-likeness (QED) is 0.365. The van der Waals surface area contributed by atoms with Gasteiger partial charge in [0.1, 0.15) is 17.6 Å². The maximum Gasteiger partial charge on any atom is 0.276 e. The van der Waals surface area contributed by atoms with Crippen LogP contribution in [0, 0.1) is 17.7 Å². The number of aryl methyl sites for hydroxylation is 1. The van der Waals surface area contributed by atoms with E-state index in [9.17, 15) is 19.2 Å². The largest absolute Gasteiger partial charge is 0.344 e. The third-order valence-corrected chi connectivity index (χ3v) is 9.23. The van der Waals surface area contributed by atoms with Gasteiger partial charge in [-0.3, -0.25) is 19.2 Å². The van der Waals surface area contributed by atoms with E-state index in [2.05, 4.69) is 27.9 Å². The fourth-order valence-corrected chi connectivity index (χ4v) is 6.18. The third kappa shape index (κ3) is 8.53. The van der Waals surface area contributed by atoms with Crippen LogP contribution in [0.25, 0.3) is 0 Å². The van der Waals surface area contributed by atoms with E-state index in [0.29, 0.717) is 23.6 Å². The van der Waals surface area contributed by atoms with Crippen LogP contribution in [0.5, 0.6) is 0 Å². The SMILES string of the molecule is [2H]C([2H])([2H])N1CCN(C(=O)[C@H](NC(=O)CC)[C@@H](C)c2ccc(CC(=O)[C@@H](NC(=O)c3nonc3CC)C3CCC(C)CC3)c(F)c2)CC1. The van der Waals surface area contributed by atoms with Crippen molar-refractivity contribution in [1.29, 1.82) is 0 Å². The molecule has 1 aliphatic carbocycles. The summed E-state index contributed by atoms with van der Waals surface area (Å²) >= 11 is 0. The van der Waals surface area contributed by atoms with E-state index in [4.69, 9.17) is 8.74 Å². The molecule has 4 rings (SSSR count). The summed E-state index contributed by atoms with van der Waals surface area (Å²) in [4.78, 5) is 55.9. The number of amides is 3. The van der Waals surface area contributed by atoms with E-state index in [-0.39, 0.29) is 73.8 Å². The van der Waals surface area contributed by atoms with Gasteiger partial charge in [0.2, 0.25) is 11.8 Å². The molecular formula is C33H47FN6O5. The van der Waals surface area contributed by atoms with Crippen molar-refractivity contribution in [3.05, 3.63) is 46.5 Å². The van der Waals surface area contributed by atoms with Gasteiger partial charge in [0, 0.05) is 49.1 Å². The first-order chi connectivity index (χ1) is 22.7. The lowest BCUT2D eigenvalue weighted by atomic mass is 9.77. The van der Waals surface area contributed by atoms with Gasteiger partial charge in [-0.15, -0.1) is 0 Å². The highest BCUT2D eigenvalue weighted by molar-refractivity contribution is 5.97. The molecule has 0 radical (unpaired) electrons. The molecule has 1 saturated heterocycles. The molecule has 3 atom stereocenters. The maximum atomic E-state index is 15.7. The van der Waals surface area contributed by atoms with Crippen LogP contribution < -0.4 is 10.6 Å². The average Bonchev–Trinajstić information content (AvgIpc) is 3.55. The summed E-state index contributed by atoms with van der Waals surface area (Å²) in [5.74, 6) is -2.46. The first-order valence-electron chi connectivity index (χ1n) is 17.5. The zero-order chi connectivity index (χ0) is 35.2. The van der Waals surface area contributed by atoms with E-state index in [1.54, 1.807) is 19.9 Å². The van der Waals surface area contributed by atoms with Gasteiger partial charge in [-0.05, 0) is 60.4 Å². The Kier molecular flexibility index (Phi) is 10.4. The molecule has 2 aromatic rings. The Bertz CT molecular complexity index is 1450. The molecule has 2 aliphatic rings. The highest BCUT2D eigenvalue weighted by Crippen LogP contribution is 2.32. The molecule has 1 aromatic carbocycles. The number of carbonyl (C=O) groups is 4. The predicted octanol–water partition coefficient (Wildman–Crippen LogP) is 3.28. The van der Waals surface area contributed by atoms with Crippen LogP contribution in [-0.2, 0) is 27.2 Å². The Morgan fingerprint density at radius 3 is 2.40 bits per heavy atom. The van der Waals surface area contributed by atoms with Crippen molar-refractivity contribution in [1.82, 2.24) is 30.7 Å². The van der Waals surface area contributed by atoms with Crippen molar-refractivity contribution in [2.75, 3.05) is 33.2 Å². The maximum absolute atomic E-state index is 15.7. The number of hydrogen-bond acceptors (Lipinski definition) is 8. The van der Waals surface area contributed by atoms with Crippen molar-refractivity contribution in [3.63, 3.8) is 0 Å². The van der Waals surface area contributed by atoms with Crippen molar-refractivity contribution < 1.29 is 32.3 Å². The Balaban J connectivity index is 1.50. The Hall–Kier alpha value is -3.67. The van der Waals surface area contributed by atoms with Crippen LogP contribution in [0.4, 0.5) is 4.39 Å². The van der Waals surface area contributed by atoms with Gasteiger partial charge >= 0.3 is 0 Å². The summed E-state index contributed by atoms with van der Waals surface area (Å²) in [6, 6.07) is 2.59. The molecule has 1 aromatic heterocycles. The van der Waals surface area contributed by atoms with E-state index < -0.39 is 36.7 Å². The fourth-order valence-electron chi connectivity index (χ4n) is 6.18. The Morgan fingerprint density at radius 2 is 1.78 bits per heavy atom. The highest BCUT2D eigenvalue weighted by Gasteiger charge is 2.35. The summed E-state index contributed by atoms with van der Waals surface area (Å²) in [5.41, 5.74) is 1.02. The summed E-state index contributed by atoms with van der Waals surface area (Å²) < 4.78 is 43.4. The number of ketones is 1. The minimum atomic E-state index is -2.26. The average molecular weight is 630 g/mol. The van der Waals surface area contributed by atoms with Crippen LogP contribution in [0.1, 0.15) is 97.1 Å². The molecule has 1 aliphatic heterocycles. The lowest BCUT2D eigenvalue weighted by Gasteiger charge is -2.36. The van der Waals surface area contributed by atoms with Gasteiger partial charge in [-0.25, -0.2) is 9.02 Å². The number of Topliss-reactive ketones (excluding diaryl/α,β-unsaturated/α-hetero) is 1. The molecule has 0 unspecified atom stereocenters. The molecule has 0 spiro atoms. The molecule has 11 nitrogen and oxygen atoms in total. The number of hydrogen-bond donors (Lipinski definition) is 2. The number of nitrogens with zero attached hydrogens (tertiary/aromatic N) is 4. The molecule has 12 heteroatoms. The molecule has 2 fully saturated rings. The Labute approximate surface area is 268 Å². The minimum absolute atomic E-state index is 0.0300. The molecule has 2 heterocycles. The van der Waals surface area contributed by atoms with Gasteiger partial charge in [0.25, 0.3) is 5.91 Å². The van der Waals surface area contributed by atoms with E-state index in [0.717, 1.165) is 25.7 Å². The number of benzene rings is 1. The smallest absolute Gasteiger partial charge is 0.276 e. The van der Waals surface area contributed by atoms with Crippen molar-refractivity contribution in [3.8, 4) is 0 Å². The minimum Gasteiger partial charge on any atom is -0.344 e. The van der Waals surface area contributed by atoms with Crippen LogP contribution in [0.3, 0.4) is 0 Å². The third-order valence-electron chi connectivity index (χ3n) is 9.23. The van der Waals surface area contributed by atoms with E-state index in [1.165, 1.54) is 21.9 Å². The summed E-state index contributed by atoms with van der Waals surface area (Å²) in [7, 11) is 0. The number of piperazine rings is 1. The summed E-state index contributed by atoms with van der Waals surface area (Å²) in [6.45, 7) is 5.79. The standard InChI is InChI=1S/C33H47FN6O5/c1-6-26-31(38-45-37-26)32(43)36-30(22-10-8-20(3)9-11-22)27(41)19-24-13-12-23(18-25(24)34)21(4)29(35-28(42)7-2)33(44)40-16-14-39(5)15-17-40/h12-13,18,20-22,29-30H,6-11,14-17,19H2,1-5H3,(H,35,42)(H,36,43)/t20?,21-,22?,29+,30-/m0/s1/i5D3. The molecule has 2 N–H and O–H groups in total. The van der Waals surface area contributed by atoms with Crippen LogP contribution in [-0.4, -0.2) is 88.9 Å². The molecule has 1 saturated carbocycles. The molecule has 0 bridgehead atoms. The normalized spacial score (nSPS) is 22.3. The number of halogens is 1. The van der Waals surface area contributed by atoms with Gasteiger partial charge in [-0.2, -0.15) is 0 Å². The number of rotatable bonds is 12. The van der Waals surface area contributed by atoms with Gasteiger partial charge in [-0.1, -0.05) is 57.8 Å². The van der Waals surface area contributed by atoms with E-state index in [1.807, 2.05) is 6.92 Å². The molecule has 3 amide bonds. The van der Waals surface area contributed by atoms with E-state index >= 15 is 4.39 Å². The zero-order valence-electron chi connectivity index (χ0n) is 29.6. The van der Waals surface area contributed by atoms with Crippen LogP contribution in [0.15, 0.2) is 22.8 Å². The second-order valence-corrected chi connectivity index (χ2v) is 12.4. The first-order valence-corrected chi connectivity index (χ1v) is 16.0. The topological polar surface area (TPSA) is 138 Å². The number of carbonyl (C=O) groups excluding carboxylic acids is 4. The molecular weight excluding hydrogens is 579 g/mol. The number of likely N-dealkylation sites (N-methyl/N-ethyl adjacent to an activating group) is 1. The van der Waals surface area contributed by atoms with Crippen LogP contribution >= 0.6 is 0 Å². The predicted molar refractivity (Wildman–Crippen MR) is 166 cm³/mol. The second-order valence-electron chi connectivity index (χ2n) is 12.4. The number of aromatic nitrogens is 2. The zero-order valence-corrected chi connectivity index (χ0v) is 26.6. The lowest BCUT2D eigenvalue weighted by Crippen LogP contribution is -2.55. The highest BCUT2D eigenvalue weighted by atomic mass is 19.1.